The number of rotatable bonds is 4. The van der Waals surface area contributed by atoms with E-state index in [2.05, 4.69) is 0 Å². The van der Waals surface area contributed by atoms with Gasteiger partial charge in [-0.1, -0.05) is 0 Å². The first-order valence-corrected chi connectivity index (χ1v) is 3.61. The molecule has 13 heavy (non-hydrogen) atoms. The Balaban J connectivity index is 5.60. The van der Waals surface area contributed by atoms with Crippen LogP contribution in [0.3, 0.4) is 0 Å². The van der Waals surface area contributed by atoms with Crippen LogP contribution in [0.5, 0.6) is 0 Å². The molecule has 0 saturated carbocycles. The predicted molar refractivity (Wildman–Crippen MR) is 43.7 cm³/mol. The van der Waals surface area contributed by atoms with Crippen molar-refractivity contribution in [3.63, 3.8) is 0 Å². The van der Waals surface area contributed by atoms with Gasteiger partial charge in [0.2, 0.25) is 11.3 Å². The van der Waals surface area contributed by atoms with Crippen LogP contribution < -0.4 is 5.73 Å². The number of amides is 1. The van der Waals surface area contributed by atoms with E-state index in [1.807, 2.05) is 0 Å². The van der Waals surface area contributed by atoms with Crippen molar-refractivity contribution in [2.75, 3.05) is 0 Å². The summed E-state index contributed by atoms with van der Waals surface area (Å²) >= 11 is 0. The summed E-state index contributed by atoms with van der Waals surface area (Å²) in [4.78, 5) is 44.0. The van der Waals surface area contributed by atoms with Gasteiger partial charge >= 0.3 is 0 Å². The Labute approximate surface area is 75.3 Å². The summed E-state index contributed by atoms with van der Waals surface area (Å²) < 4.78 is 0. The molecule has 2 N–H and O–H groups in total. The first kappa shape index (κ1) is 11.5. The average Bonchev–Trinajstić information content (AvgIpc) is 1.82. The molecule has 0 saturated heterocycles. The Morgan fingerprint density at radius 1 is 0.846 bits per heavy atom. The van der Waals surface area contributed by atoms with Crippen molar-refractivity contribution in [2.24, 2.45) is 11.1 Å². The molecule has 0 bridgehead atoms. The second-order valence-corrected chi connectivity index (χ2v) is 2.78. The largest absolute Gasteiger partial charge is 0.368 e. The van der Waals surface area contributed by atoms with Gasteiger partial charge in [0.15, 0.2) is 17.3 Å². The van der Waals surface area contributed by atoms with Crippen LogP contribution in [0.25, 0.3) is 0 Å². The fourth-order valence-electron chi connectivity index (χ4n) is 1.26. The third-order valence-electron chi connectivity index (χ3n) is 1.95. The zero-order valence-corrected chi connectivity index (χ0v) is 7.71. The van der Waals surface area contributed by atoms with Gasteiger partial charge < -0.3 is 5.73 Å². The normalized spacial score (nSPS) is 10.7. The number of Topliss-reactive ketones (excluding diaryl/α,β-unsaturated/α-hetero) is 3. The van der Waals surface area contributed by atoms with Crippen LogP contribution in [-0.2, 0) is 19.2 Å². The van der Waals surface area contributed by atoms with Gasteiger partial charge in [-0.2, -0.15) is 0 Å². The molecule has 0 aromatic heterocycles. The highest BCUT2D eigenvalue weighted by Gasteiger charge is 2.51. The molecule has 0 spiro atoms. The minimum atomic E-state index is -2.28. The highest BCUT2D eigenvalue weighted by atomic mass is 16.2. The lowest BCUT2D eigenvalue weighted by Crippen LogP contribution is -2.53. The molecule has 0 heterocycles. The van der Waals surface area contributed by atoms with Crippen molar-refractivity contribution in [3.8, 4) is 0 Å². The summed E-state index contributed by atoms with van der Waals surface area (Å²) in [6.45, 7) is 2.98. The topological polar surface area (TPSA) is 94.3 Å². The van der Waals surface area contributed by atoms with Crippen LogP contribution in [-0.4, -0.2) is 23.3 Å². The molecule has 5 nitrogen and oxygen atoms in total. The molecule has 1 amide bonds. The zero-order chi connectivity index (χ0) is 10.8. The van der Waals surface area contributed by atoms with E-state index in [0.717, 1.165) is 20.8 Å². The van der Waals surface area contributed by atoms with Crippen molar-refractivity contribution in [2.45, 2.75) is 20.8 Å². The maximum absolute atomic E-state index is 11.0. The molecule has 0 aromatic rings. The SMILES string of the molecule is CC(=O)C(C(C)=O)(C(C)=O)C(N)=O. The molecule has 0 aliphatic rings. The summed E-state index contributed by atoms with van der Waals surface area (Å²) in [7, 11) is 0. The quantitative estimate of drug-likeness (QED) is 0.581. The van der Waals surface area contributed by atoms with E-state index in [-0.39, 0.29) is 0 Å². The number of hydrogen-bond acceptors (Lipinski definition) is 4. The minimum absolute atomic E-state index is 0.833. The van der Waals surface area contributed by atoms with E-state index >= 15 is 0 Å². The lowest BCUT2D eigenvalue weighted by molar-refractivity contribution is -0.152. The number of ketones is 3. The lowest BCUT2D eigenvalue weighted by Gasteiger charge is -2.20. The Hall–Kier alpha value is -1.52. The van der Waals surface area contributed by atoms with Crippen molar-refractivity contribution in [1.82, 2.24) is 0 Å². The molecule has 72 valence electrons. The van der Waals surface area contributed by atoms with Crippen molar-refractivity contribution in [3.05, 3.63) is 0 Å². The molecule has 0 aliphatic heterocycles. The first-order valence-electron chi connectivity index (χ1n) is 3.61. The average molecular weight is 185 g/mol. The molecule has 0 aliphatic carbocycles. The predicted octanol–water partition coefficient (Wildman–Crippen LogP) is -0.775. The van der Waals surface area contributed by atoms with E-state index < -0.39 is 28.7 Å². The van der Waals surface area contributed by atoms with E-state index in [1.54, 1.807) is 0 Å². The number of carbonyl (C=O) groups excluding carboxylic acids is 4. The van der Waals surface area contributed by atoms with Gasteiger partial charge in [-0.25, -0.2) is 0 Å². The number of carbonyl (C=O) groups is 4. The summed E-state index contributed by atoms with van der Waals surface area (Å²) in [5, 5.41) is 0. The van der Waals surface area contributed by atoms with Crippen LogP contribution in [0.1, 0.15) is 20.8 Å². The van der Waals surface area contributed by atoms with E-state index in [9.17, 15) is 19.2 Å². The van der Waals surface area contributed by atoms with E-state index in [0.29, 0.717) is 0 Å². The van der Waals surface area contributed by atoms with Gasteiger partial charge in [0.25, 0.3) is 0 Å². The highest BCUT2D eigenvalue weighted by Crippen LogP contribution is 2.20. The Morgan fingerprint density at radius 3 is 1.08 bits per heavy atom. The maximum Gasteiger partial charge on any atom is 0.246 e. The van der Waals surface area contributed by atoms with E-state index in [1.165, 1.54) is 0 Å². The molecule has 0 aromatic carbocycles. The van der Waals surface area contributed by atoms with Crippen LogP contribution in [0, 0.1) is 5.41 Å². The van der Waals surface area contributed by atoms with Crippen molar-refractivity contribution in [1.29, 1.82) is 0 Å². The molecule has 0 rings (SSSR count). The Kier molecular flexibility index (Phi) is 3.06. The molecule has 0 fully saturated rings. The molecular formula is C8H11NO4. The Bertz CT molecular complexity index is 231. The van der Waals surface area contributed by atoms with Gasteiger partial charge in [0.1, 0.15) is 0 Å². The van der Waals surface area contributed by atoms with Gasteiger partial charge in [0.05, 0.1) is 0 Å². The second-order valence-electron chi connectivity index (χ2n) is 2.78. The molecule has 0 unspecified atom stereocenters. The van der Waals surface area contributed by atoms with Crippen LogP contribution in [0.15, 0.2) is 0 Å². The Morgan fingerprint density at radius 2 is 1.08 bits per heavy atom. The molecule has 0 radical (unpaired) electrons. The fourth-order valence-corrected chi connectivity index (χ4v) is 1.26. The lowest BCUT2D eigenvalue weighted by atomic mass is 9.76. The molecule has 5 heteroatoms. The second kappa shape index (κ2) is 3.47. The smallest absolute Gasteiger partial charge is 0.246 e. The van der Waals surface area contributed by atoms with Gasteiger partial charge in [-0.3, -0.25) is 19.2 Å². The number of hydrogen-bond donors (Lipinski definition) is 1. The number of primary amides is 1. The van der Waals surface area contributed by atoms with Crippen molar-refractivity contribution >= 4 is 23.3 Å². The third kappa shape index (κ3) is 1.49. The molecular weight excluding hydrogens is 174 g/mol. The summed E-state index contributed by atoms with van der Waals surface area (Å²) in [5.74, 6) is -3.71. The van der Waals surface area contributed by atoms with E-state index in [4.69, 9.17) is 5.73 Å². The maximum atomic E-state index is 11.0. The standard InChI is InChI=1S/C8H11NO4/c1-4(10)8(5(2)11,6(3)12)7(9)13/h1-3H3,(H2,9,13). The third-order valence-corrected chi connectivity index (χ3v) is 1.95. The van der Waals surface area contributed by atoms with Gasteiger partial charge in [0, 0.05) is 0 Å². The van der Waals surface area contributed by atoms with Gasteiger partial charge in [-0.05, 0) is 20.8 Å². The van der Waals surface area contributed by atoms with Gasteiger partial charge in [-0.15, -0.1) is 0 Å². The summed E-state index contributed by atoms with van der Waals surface area (Å²) in [6.07, 6.45) is 0. The first-order chi connectivity index (χ1) is 5.77. The number of nitrogens with two attached hydrogens (primary N) is 1. The summed E-state index contributed by atoms with van der Waals surface area (Å²) in [5.41, 5.74) is 2.60. The molecule has 0 atom stereocenters. The minimum Gasteiger partial charge on any atom is -0.368 e. The van der Waals surface area contributed by atoms with Crippen molar-refractivity contribution < 1.29 is 19.2 Å². The monoisotopic (exact) mass is 185 g/mol. The highest BCUT2D eigenvalue weighted by molar-refractivity contribution is 6.36. The van der Waals surface area contributed by atoms with Crippen LogP contribution in [0.4, 0.5) is 0 Å². The fraction of sp³-hybridized carbons (Fsp3) is 0.500. The zero-order valence-electron chi connectivity index (χ0n) is 7.71. The summed E-state index contributed by atoms with van der Waals surface area (Å²) in [6, 6.07) is 0. The van der Waals surface area contributed by atoms with Crippen LogP contribution >= 0.6 is 0 Å². The van der Waals surface area contributed by atoms with Crippen LogP contribution in [0.2, 0.25) is 0 Å².